The SMILES string of the molecule is CSc1nc(Cl)cc(N(C)Cc2ccc(Br)cc2)n1. The average molecular weight is 359 g/mol. The molecule has 1 aromatic carbocycles. The van der Waals surface area contributed by atoms with Crippen molar-refractivity contribution in [3.05, 3.63) is 45.5 Å². The van der Waals surface area contributed by atoms with Gasteiger partial charge in [0.25, 0.3) is 0 Å². The highest BCUT2D eigenvalue weighted by Gasteiger charge is 2.07. The monoisotopic (exact) mass is 357 g/mol. The molecule has 2 rings (SSSR count). The highest BCUT2D eigenvalue weighted by molar-refractivity contribution is 9.10. The van der Waals surface area contributed by atoms with Crippen molar-refractivity contribution in [2.75, 3.05) is 18.2 Å². The van der Waals surface area contributed by atoms with Crippen LogP contribution in [0.4, 0.5) is 5.82 Å². The number of aromatic nitrogens is 2. The minimum absolute atomic E-state index is 0.469. The summed E-state index contributed by atoms with van der Waals surface area (Å²) in [6.07, 6.45) is 1.93. The molecule has 19 heavy (non-hydrogen) atoms. The first-order valence-corrected chi connectivity index (χ1v) is 8.02. The quantitative estimate of drug-likeness (QED) is 0.464. The van der Waals surface area contributed by atoms with Gasteiger partial charge in [0, 0.05) is 24.1 Å². The Morgan fingerprint density at radius 1 is 1.26 bits per heavy atom. The molecule has 6 heteroatoms. The smallest absolute Gasteiger partial charge is 0.190 e. The van der Waals surface area contributed by atoms with Crippen LogP contribution in [0.15, 0.2) is 40.0 Å². The fourth-order valence-corrected chi connectivity index (χ4v) is 2.48. The predicted molar refractivity (Wildman–Crippen MR) is 85.1 cm³/mol. The molecule has 0 aliphatic rings. The molecule has 1 aromatic heterocycles. The highest BCUT2D eigenvalue weighted by atomic mass is 79.9. The van der Waals surface area contributed by atoms with E-state index in [0.29, 0.717) is 10.3 Å². The lowest BCUT2D eigenvalue weighted by molar-refractivity contribution is 0.857. The molecule has 0 saturated carbocycles. The lowest BCUT2D eigenvalue weighted by atomic mass is 10.2. The Hall–Kier alpha value is -0.780. The van der Waals surface area contributed by atoms with Crippen molar-refractivity contribution in [1.82, 2.24) is 9.97 Å². The van der Waals surface area contributed by atoms with Gasteiger partial charge in [0.15, 0.2) is 5.16 Å². The van der Waals surface area contributed by atoms with E-state index < -0.39 is 0 Å². The molecule has 0 aliphatic carbocycles. The van der Waals surface area contributed by atoms with Crippen molar-refractivity contribution in [3.63, 3.8) is 0 Å². The van der Waals surface area contributed by atoms with E-state index in [4.69, 9.17) is 11.6 Å². The van der Waals surface area contributed by atoms with E-state index in [9.17, 15) is 0 Å². The normalized spacial score (nSPS) is 10.5. The third-order valence-electron chi connectivity index (χ3n) is 2.57. The lowest BCUT2D eigenvalue weighted by Crippen LogP contribution is -2.18. The fourth-order valence-electron chi connectivity index (χ4n) is 1.62. The molecule has 0 fully saturated rings. The summed E-state index contributed by atoms with van der Waals surface area (Å²) in [5, 5.41) is 1.15. The Bertz CT molecular complexity index is 562. The van der Waals surface area contributed by atoms with E-state index in [1.54, 1.807) is 6.07 Å². The van der Waals surface area contributed by atoms with Crippen molar-refractivity contribution in [2.45, 2.75) is 11.7 Å². The number of halogens is 2. The van der Waals surface area contributed by atoms with Crippen LogP contribution in [-0.4, -0.2) is 23.3 Å². The summed E-state index contributed by atoms with van der Waals surface area (Å²) in [5.74, 6) is 0.826. The van der Waals surface area contributed by atoms with Gasteiger partial charge in [-0.1, -0.05) is 51.4 Å². The molecule has 0 N–H and O–H groups in total. The van der Waals surface area contributed by atoms with E-state index in [1.807, 2.05) is 25.4 Å². The first-order valence-electron chi connectivity index (χ1n) is 5.62. The van der Waals surface area contributed by atoms with Crippen LogP contribution >= 0.6 is 39.3 Å². The second kappa shape index (κ2) is 6.59. The van der Waals surface area contributed by atoms with Gasteiger partial charge in [-0.25, -0.2) is 9.97 Å². The van der Waals surface area contributed by atoms with Crippen molar-refractivity contribution < 1.29 is 0 Å². The zero-order valence-electron chi connectivity index (χ0n) is 10.6. The van der Waals surface area contributed by atoms with E-state index >= 15 is 0 Å². The van der Waals surface area contributed by atoms with Crippen LogP contribution in [0.1, 0.15) is 5.56 Å². The average Bonchev–Trinajstić information content (AvgIpc) is 2.40. The summed E-state index contributed by atoms with van der Waals surface area (Å²) < 4.78 is 1.08. The number of benzene rings is 1. The first-order chi connectivity index (χ1) is 9.08. The van der Waals surface area contributed by atoms with E-state index in [1.165, 1.54) is 17.3 Å². The Balaban J connectivity index is 2.17. The molecule has 3 nitrogen and oxygen atoms in total. The molecule has 0 amide bonds. The Kier molecular flexibility index (Phi) is 5.07. The zero-order valence-corrected chi connectivity index (χ0v) is 13.8. The van der Waals surface area contributed by atoms with Crippen molar-refractivity contribution >= 4 is 45.1 Å². The van der Waals surface area contributed by atoms with Crippen molar-refractivity contribution in [1.29, 1.82) is 0 Å². The molecule has 1 heterocycles. The Labute approximate surface area is 130 Å². The molecular formula is C13H13BrClN3S. The summed E-state index contributed by atoms with van der Waals surface area (Å²) in [6, 6.07) is 10.0. The maximum Gasteiger partial charge on any atom is 0.190 e. The van der Waals surface area contributed by atoms with Crippen molar-refractivity contribution in [3.8, 4) is 0 Å². The Morgan fingerprint density at radius 3 is 2.58 bits per heavy atom. The molecule has 0 saturated heterocycles. The van der Waals surface area contributed by atoms with E-state index in [0.717, 1.165) is 16.8 Å². The molecule has 100 valence electrons. The predicted octanol–water partition coefficient (Wildman–Crippen LogP) is 4.25. The van der Waals surface area contributed by atoms with Gasteiger partial charge in [-0.3, -0.25) is 0 Å². The minimum Gasteiger partial charge on any atom is -0.355 e. The number of nitrogens with zero attached hydrogens (tertiary/aromatic N) is 3. The van der Waals surface area contributed by atoms with Crippen LogP contribution in [0.3, 0.4) is 0 Å². The topological polar surface area (TPSA) is 29.0 Å². The number of hydrogen-bond acceptors (Lipinski definition) is 4. The van der Waals surface area contributed by atoms with Gasteiger partial charge in [-0.05, 0) is 24.0 Å². The van der Waals surface area contributed by atoms with Crippen LogP contribution in [-0.2, 0) is 6.54 Å². The first kappa shape index (κ1) is 14.6. The largest absolute Gasteiger partial charge is 0.355 e. The van der Waals surface area contributed by atoms with Crippen LogP contribution in [0.25, 0.3) is 0 Å². The number of thioether (sulfide) groups is 1. The van der Waals surface area contributed by atoms with Gasteiger partial charge in [-0.2, -0.15) is 0 Å². The van der Waals surface area contributed by atoms with Gasteiger partial charge in [-0.15, -0.1) is 0 Å². The Morgan fingerprint density at radius 2 is 1.95 bits per heavy atom. The summed E-state index contributed by atoms with van der Waals surface area (Å²) in [5.41, 5.74) is 1.21. The van der Waals surface area contributed by atoms with E-state index in [2.05, 4.69) is 42.9 Å². The molecule has 0 spiro atoms. The summed E-state index contributed by atoms with van der Waals surface area (Å²) in [7, 11) is 1.99. The van der Waals surface area contributed by atoms with Gasteiger partial charge >= 0.3 is 0 Å². The summed E-state index contributed by atoms with van der Waals surface area (Å²) in [4.78, 5) is 10.6. The van der Waals surface area contributed by atoms with E-state index in [-0.39, 0.29) is 0 Å². The van der Waals surface area contributed by atoms with Crippen LogP contribution < -0.4 is 4.90 Å². The van der Waals surface area contributed by atoms with Gasteiger partial charge in [0.05, 0.1) is 0 Å². The summed E-state index contributed by atoms with van der Waals surface area (Å²) >= 11 is 10.9. The number of rotatable bonds is 4. The van der Waals surface area contributed by atoms with Crippen molar-refractivity contribution in [2.24, 2.45) is 0 Å². The minimum atomic E-state index is 0.469. The third-order valence-corrected chi connectivity index (χ3v) is 3.84. The molecule has 2 aromatic rings. The van der Waals surface area contributed by atoms with Crippen LogP contribution in [0.2, 0.25) is 5.15 Å². The standard InChI is InChI=1S/C13H13BrClN3S/c1-18(8-9-3-5-10(14)6-4-9)12-7-11(15)16-13(17-12)19-2/h3-7H,8H2,1-2H3. The lowest BCUT2D eigenvalue weighted by Gasteiger charge is -2.18. The maximum absolute atomic E-state index is 6.00. The highest BCUT2D eigenvalue weighted by Crippen LogP contribution is 2.21. The molecule has 0 unspecified atom stereocenters. The molecule has 0 radical (unpaired) electrons. The molecule has 0 atom stereocenters. The molecular weight excluding hydrogens is 346 g/mol. The summed E-state index contributed by atoms with van der Waals surface area (Å²) in [6.45, 7) is 0.772. The van der Waals surface area contributed by atoms with Gasteiger partial charge < -0.3 is 4.90 Å². The number of hydrogen-bond donors (Lipinski definition) is 0. The van der Waals surface area contributed by atoms with Crippen LogP contribution in [0.5, 0.6) is 0 Å². The fraction of sp³-hybridized carbons (Fsp3) is 0.231. The van der Waals surface area contributed by atoms with Gasteiger partial charge in [0.1, 0.15) is 11.0 Å². The second-order valence-corrected chi connectivity index (χ2v) is 6.09. The van der Waals surface area contributed by atoms with Crippen LogP contribution in [0, 0.1) is 0 Å². The third kappa shape index (κ3) is 4.09. The maximum atomic E-state index is 6.00. The number of anilines is 1. The molecule has 0 aliphatic heterocycles. The zero-order chi connectivity index (χ0) is 13.8. The van der Waals surface area contributed by atoms with Gasteiger partial charge in [0.2, 0.25) is 0 Å². The second-order valence-electron chi connectivity index (χ2n) is 4.02. The molecule has 0 bridgehead atoms.